The van der Waals surface area contributed by atoms with E-state index in [1.54, 1.807) is 12.1 Å². The quantitative estimate of drug-likeness (QED) is 0.702. The Morgan fingerprint density at radius 1 is 1.25 bits per heavy atom. The molecule has 2 aromatic rings. The summed E-state index contributed by atoms with van der Waals surface area (Å²) in [6, 6.07) is 8.11. The van der Waals surface area contributed by atoms with Crippen molar-refractivity contribution < 1.29 is 14.3 Å². The topological polar surface area (TPSA) is 52.9 Å². The summed E-state index contributed by atoms with van der Waals surface area (Å²) in [5.41, 5.74) is 4.66. The maximum atomic E-state index is 14.8. The molecule has 4 nitrogen and oxygen atoms in total. The van der Waals surface area contributed by atoms with Gasteiger partial charge >= 0.3 is 5.97 Å². The highest BCUT2D eigenvalue weighted by atomic mass is 19.1. The lowest BCUT2D eigenvalue weighted by atomic mass is 9.88. The fourth-order valence-corrected chi connectivity index (χ4v) is 3.81. The molecular formula is C23H25FN2O2. The Labute approximate surface area is 165 Å². The normalized spacial score (nSPS) is 15.5. The van der Waals surface area contributed by atoms with Gasteiger partial charge < -0.3 is 10.0 Å². The van der Waals surface area contributed by atoms with Crippen molar-refractivity contribution in [1.82, 2.24) is 0 Å². The van der Waals surface area contributed by atoms with Crippen LogP contribution in [0.1, 0.15) is 54.7 Å². The summed E-state index contributed by atoms with van der Waals surface area (Å²) in [4.78, 5) is 17.7. The largest absolute Gasteiger partial charge is 0.478 e. The molecule has 146 valence electrons. The molecule has 0 saturated carbocycles. The highest BCUT2D eigenvalue weighted by Crippen LogP contribution is 2.39. The van der Waals surface area contributed by atoms with Crippen molar-refractivity contribution in [3.05, 3.63) is 64.5 Å². The number of carboxylic acid groups (broad SMARTS) is 1. The van der Waals surface area contributed by atoms with Crippen molar-refractivity contribution in [3.8, 4) is 0 Å². The maximum absolute atomic E-state index is 14.8. The van der Waals surface area contributed by atoms with Crippen LogP contribution in [0.3, 0.4) is 0 Å². The van der Waals surface area contributed by atoms with Crippen LogP contribution in [0.4, 0.5) is 15.8 Å². The summed E-state index contributed by atoms with van der Waals surface area (Å²) in [5.74, 6) is -1.36. The van der Waals surface area contributed by atoms with Crippen molar-refractivity contribution in [1.29, 1.82) is 0 Å². The summed E-state index contributed by atoms with van der Waals surface area (Å²) in [5, 5.41) is 9.16. The van der Waals surface area contributed by atoms with Gasteiger partial charge in [-0.2, -0.15) is 0 Å². The second kappa shape index (κ2) is 7.23. The summed E-state index contributed by atoms with van der Waals surface area (Å²) in [6.45, 7) is 11.0. The van der Waals surface area contributed by atoms with Gasteiger partial charge in [-0.15, -0.1) is 0 Å². The van der Waals surface area contributed by atoms with Crippen molar-refractivity contribution in [2.75, 3.05) is 11.4 Å². The molecule has 0 spiro atoms. The van der Waals surface area contributed by atoms with Crippen LogP contribution in [-0.2, 0) is 0 Å². The summed E-state index contributed by atoms with van der Waals surface area (Å²) in [6.07, 6.45) is 3.66. The molecule has 0 unspecified atom stereocenters. The molecule has 0 atom stereocenters. The van der Waals surface area contributed by atoms with Crippen LogP contribution in [0.25, 0.3) is 5.57 Å². The number of hydrogen-bond donors (Lipinski definition) is 1. The van der Waals surface area contributed by atoms with Crippen LogP contribution >= 0.6 is 0 Å². The number of aryl methyl sites for hydroxylation is 1. The zero-order chi connectivity index (χ0) is 20.6. The lowest BCUT2D eigenvalue weighted by Gasteiger charge is -2.42. The van der Waals surface area contributed by atoms with Gasteiger partial charge in [-0.25, -0.2) is 9.18 Å². The van der Waals surface area contributed by atoms with E-state index in [2.05, 4.69) is 36.7 Å². The second-order valence-corrected chi connectivity index (χ2v) is 7.68. The summed E-state index contributed by atoms with van der Waals surface area (Å²) < 4.78 is 14.8. The number of likely N-dealkylation sites (N-methyl/N-ethyl adjacent to an activating group) is 1. The minimum absolute atomic E-state index is 0.156. The van der Waals surface area contributed by atoms with Crippen LogP contribution in [0.15, 0.2) is 41.4 Å². The van der Waals surface area contributed by atoms with E-state index in [-0.39, 0.29) is 16.9 Å². The monoisotopic (exact) mass is 380 g/mol. The number of anilines is 1. The Morgan fingerprint density at radius 2 is 1.96 bits per heavy atom. The molecule has 0 fully saturated rings. The highest BCUT2D eigenvalue weighted by Gasteiger charge is 2.30. The first kappa shape index (κ1) is 19.8. The summed E-state index contributed by atoms with van der Waals surface area (Å²) >= 11 is 0. The van der Waals surface area contributed by atoms with E-state index in [9.17, 15) is 9.18 Å². The van der Waals surface area contributed by atoms with Crippen molar-refractivity contribution >= 4 is 29.1 Å². The van der Waals surface area contributed by atoms with Crippen molar-refractivity contribution in [2.24, 2.45) is 4.99 Å². The number of nitrogens with zero attached hydrogens (tertiary/aromatic N) is 2. The summed E-state index contributed by atoms with van der Waals surface area (Å²) in [7, 11) is 0. The number of hydrogen-bond acceptors (Lipinski definition) is 3. The molecule has 0 aliphatic carbocycles. The number of halogens is 1. The molecule has 5 heteroatoms. The Balaban J connectivity index is 2.04. The maximum Gasteiger partial charge on any atom is 0.335 e. The van der Waals surface area contributed by atoms with Crippen LogP contribution in [0.2, 0.25) is 0 Å². The molecule has 0 radical (unpaired) electrons. The van der Waals surface area contributed by atoms with E-state index in [4.69, 9.17) is 5.11 Å². The molecule has 0 saturated heterocycles. The minimum Gasteiger partial charge on any atom is -0.478 e. The molecule has 1 heterocycles. The number of allylic oxidation sites excluding steroid dienone is 1. The molecule has 0 aromatic heterocycles. The molecule has 0 amide bonds. The zero-order valence-electron chi connectivity index (χ0n) is 16.9. The highest BCUT2D eigenvalue weighted by molar-refractivity contribution is 5.91. The first-order chi connectivity index (χ1) is 13.1. The number of fused-ring (bicyclic) bond motifs is 1. The molecule has 2 aromatic carbocycles. The van der Waals surface area contributed by atoms with E-state index in [0.717, 1.165) is 28.9 Å². The number of aliphatic imine (C=N–C) groups is 1. The van der Waals surface area contributed by atoms with Gasteiger partial charge in [0.1, 0.15) is 5.82 Å². The molecule has 1 aliphatic rings. The van der Waals surface area contributed by atoms with Gasteiger partial charge in [-0.3, -0.25) is 4.99 Å². The number of carbonyl (C=O) groups is 1. The fraction of sp³-hybridized carbons (Fsp3) is 0.304. The minimum atomic E-state index is -1.01. The SMILES string of the molecule is CCN1c2cc(F)c(C=Nc3cc(C(=O)O)ccc3C)cc2C(C)=CC1(C)C. The van der Waals surface area contributed by atoms with E-state index < -0.39 is 5.97 Å². The van der Waals surface area contributed by atoms with Gasteiger partial charge in [0.05, 0.1) is 16.8 Å². The van der Waals surface area contributed by atoms with Gasteiger partial charge in [0.15, 0.2) is 0 Å². The third kappa shape index (κ3) is 3.57. The first-order valence-electron chi connectivity index (χ1n) is 9.33. The van der Waals surface area contributed by atoms with Crippen molar-refractivity contribution in [2.45, 2.75) is 40.2 Å². The molecular weight excluding hydrogens is 355 g/mol. The average Bonchev–Trinajstić information content (AvgIpc) is 2.61. The van der Waals surface area contributed by atoms with E-state index in [1.807, 2.05) is 19.9 Å². The predicted molar refractivity (Wildman–Crippen MR) is 113 cm³/mol. The standard InChI is InChI=1S/C23H25FN2O2/c1-6-26-21-11-19(24)17(9-18(21)15(3)12-23(26,4)5)13-25-20-10-16(22(27)28)8-7-14(20)2/h7-13H,6H2,1-5H3,(H,27,28). The molecule has 1 aliphatic heterocycles. The zero-order valence-corrected chi connectivity index (χ0v) is 16.9. The van der Waals surface area contributed by atoms with Crippen molar-refractivity contribution in [3.63, 3.8) is 0 Å². The lowest BCUT2D eigenvalue weighted by molar-refractivity contribution is 0.0697. The third-order valence-corrected chi connectivity index (χ3v) is 5.21. The van der Waals surface area contributed by atoms with Crippen LogP contribution in [-0.4, -0.2) is 29.4 Å². The van der Waals surface area contributed by atoms with Gasteiger partial charge in [-0.05, 0) is 70.0 Å². The Hall–Kier alpha value is -2.95. The smallest absolute Gasteiger partial charge is 0.335 e. The molecule has 28 heavy (non-hydrogen) atoms. The van der Waals surface area contributed by atoms with E-state index >= 15 is 0 Å². The lowest BCUT2D eigenvalue weighted by Crippen LogP contribution is -2.45. The van der Waals surface area contributed by atoms with Gasteiger partial charge in [0, 0.05) is 29.6 Å². The Morgan fingerprint density at radius 3 is 2.61 bits per heavy atom. The fourth-order valence-electron chi connectivity index (χ4n) is 3.81. The number of carboxylic acids is 1. The van der Waals surface area contributed by atoms with Gasteiger partial charge in [0.2, 0.25) is 0 Å². The second-order valence-electron chi connectivity index (χ2n) is 7.68. The predicted octanol–water partition coefficient (Wildman–Crippen LogP) is 5.60. The number of aromatic carboxylic acids is 1. The van der Waals surface area contributed by atoms with E-state index in [0.29, 0.717) is 11.3 Å². The van der Waals surface area contributed by atoms with Gasteiger partial charge in [-0.1, -0.05) is 12.1 Å². The third-order valence-electron chi connectivity index (χ3n) is 5.21. The van der Waals surface area contributed by atoms with Crippen LogP contribution in [0, 0.1) is 12.7 Å². The van der Waals surface area contributed by atoms with E-state index in [1.165, 1.54) is 18.3 Å². The average molecular weight is 380 g/mol. The van der Waals surface area contributed by atoms with Gasteiger partial charge in [0.25, 0.3) is 0 Å². The Bertz CT molecular complexity index is 1010. The number of rotatable bonds is 4. The first-order valence-corrected chi connectivity index (χ1v) is 9.33. The molecule has 0 bridgehead atoms. The molecule has 3 rings (SSSR count). The molecule has 1 N–H and O–H groups in total. The van der Waals surface area contributed by atoms with Crippen LogP contribution in [0.5, 0.6) is 0 Å². The number of benzene rings is 2. The van der Waals surface area contributed by atoms with Crippen LogP contribution < -0.4 is 4.90 Å². The Kier molecular flexibility index (Phi) is 5.11.